The van der Waals surface area contributed by atoms with Crippen LogP contribution in [0.25, 0.3) is 0 Å². The minimum atomic E-state index is -0.416. The second kappa shape index (κ2) is 12.2. The summed E-state index contributed by atoms with van der Waals surface area (Å²) < 4.78 is 0. The Hall–Kier alpha value is -2.27. The van der Waals surface area contributed by atoms with Crippen LogP contribution in [0.1, 0.15) is 30.9 Å². The van der Waals surface area contributed by atoms with Gasteiger partial charge in [-0.2, -0.15) is 11.8 Å². The number of rotatable bonds is 11. The van der Waals surface area contributed by atoms with E-state index in [0.717, 1.165) is 17.9 Å². The molecule has 1 N–H and O–H groups in total. The van der Waals surface area contributed by atoms with E-state index in [9.17, 15) is 9.59 Å². The molecule has 0 aromatic heterocycles. The summed E-state index contributed by atoms with van der Waals surface area (Å²) in [6.45, 7) is 2.50. The van der Waals surface area contributed by atoms with Crippen LogP contribution in [0.4, 0.5) is 0 Å². The van der Waals surface area contributed by atoms with E-state index in [1.165, 1.54) is 11.1 Å². The van der Waals surface area contributed by atoms with E-state index in [0.29, 0.717) is 19.4 Å². The van der Waals surface area contributed by atoms with E-state index in [4.69, 9.17) is 0 Å². The summed E-state index contributed by atoms with van der Waals surface area (Å²) in [6.07, 6.45) is 1.80. The fourth-order valence-electron chi connectivity index (χ4n) is 3.13. The molecule has 4 nitrogen and oxygen atoms in total. The first-order valence-corrected chi connectivity index (χ1v) is 11.0. The summed E-state index contributed by atoms with van der Waals surface area (Å²) in [4.78, 5) is 27.0. The number of likely N-dealkylation sites (N-methyl/N-ethyl adjacent to an activating group) is 1. The number of nitrogens with one attached hydrogen (secondary N) is 1. The average molecular weight is 399 g/mol. The molecule has 0 heterocycles. The Morgan fingerprint density at radius 3 is 2.18 bits per heavy atom. The number of thioether (sulfide) groups is 1. The number of benzene rings is 2. The summed E-state index contributed by atoms with van der Waals surface area (Å²) in [5, 5.41) is 2.70. The van der Waals surface area contributed by atoms with E-state index < -0.39 is 6.04 Å². The van der Waals surface area contributed by atoms with Crippen molar-refractivity contribution < 1.29 is 9.59 Å². The van der Waals surface area contributed by atoms with Crippen molar-refractivity contribution in [3.8, 4) is 0 Å². The van der Waals surface area contributed by atoms with E-state index in [1.807, 2.05) is 43.3 Å². The molecule has 0 spiro atoms. The van der Waals surface area contributed by atoms with Crippen molar-refractivity contribution in [2.24, 2.45) is 0 Å². The average Bonchev–Trinajstić information content (AvgIpc) is 2.75. The molecule has 28 heavy (non-hydrogen) atoms. The Balaban J connectivity index is 1.93. The quantitative estimate of drug-likeness (QED) is 0.584. The molecule has 0 bridgehead atoms. The second-order valence-corrected chi connectivity index (χ2v) is 7.75. The summed E-state index contributed by atoms with van der Waals surface area (Å²) >= 11 is 1.75. The van der Waals surface area contributed by atoms with Crippen LogP contribution in [0.15, 0.2) is 60.7 Å². The normalized spacial score (nSPS) is 11.6. The first-order valence-electron chi connectivity index (χ1n) is 9.82. The van der Waals surface area contributed by atoms with Gasteiger partial charge in [-0.15, -0.1) is 0 Å². The number of carbonyl (C=O) groups excluding carboxylic acids is 2. The maximum absolute atomic E-state index is 12.9. The number of amides is 2. The lowest BCUT2D eigenvalue weighted by Crippen LogP contribution is -2.49. The zero-order valence-corrected chi connectivity index (χ0v) is 17.6. The van der Waals surface area contributed by atoms with Crippen molar-refractivity contribution in [1.29, 1.82) is 0 Å². The van der Waals surface area contributed by atoms with E-state index in [2.05, 4.69) is 29.6 Å². The van der Waals surface area contributed by atoms with Gasteiger partial charge in [0.2, 0.25) is 11.8 Å². The zero-order chi connectivity index (χ0) is 20.2. The molecule has 0 aliphatic rings. The minimum Gasteiger partial charge on any atom is -0.357 e. The molecule has 150 valence electrons. The molecule has 0 unspecified atom stereocenters. The molecule has 0 radical (unpaired) electrons. The summed E-state index contributed by atoms with van der Waals surface area (Å²) in [5.74, 6) is 1.60. The molecule has 0 saturated heterocycles. The second-order valence-electron chi connectivity index (χ2n) is 6.65. The van der Waals surface area contributed by atoms with Crippen LogP contribution in [0.5, 0.6) is 0 Å². The van der Waals surface area contributed by atoms with Crippen molar-refractivity contribution in [3.05, 3.63) is 71.8 Å². The largest absolute Gasteiger partial charge is 0.357 e. The Morgan fingerprint density at radius 2 is 1.61 bits per heavy atom. The fourth-order valence-corrected chi connectivity index (χ4v) is 4.02. The lowest BCUT2D eigenvalue weighted by molar-refractivity contribution is -0.140. The monoisotopic (exact) mass is 398 g/mol. The first-order chi connectivity index (χ1) is 13.7. The van der Waals surface area contributed by atoms with Crippen LogP contribution < -0.4 is 5.32 Å². The van der Waals surface area contributed by atoms with Gasteiger partial charge in [0.25, 0.3) is 0 Å². The standard InChI is InChI=1S/C23H30N2O2S/c1-3-21(23(27)24-2)25(16-14-19-10-6-4-7-11-19)22(26)15-17-28-18-20-12-8-5-9-13-20/h4-13,21H,3,14-18H2,1-2H3,(H,24,27)/t21-/m1/s1. The van der Waals surface area contributed by atoms with Crippen LogP contribution in [-0.2, 0) is 21.8 Å². The van der Waals surface area contributed by atoms with Crippen LogP contribution in [0, 0.1) is 0 Å². The van der Waals surface area contributed by atoms with Crippen LogP contribution >= 0.6 is 11.8 Å². The van der Waals surface area contributed by atoms with Gasteiger partial charge in [-0.1, -0.05) is 67.6 Å². The molecule has 1 atom stereocenters. The summed E-state index contributed by atoms with van der Waals surface area (Å²) in [7, 11) is 1.63. The number of hydrogen-bond donors (Lipinski definition) is 1. The van der Waals surface area contributed by atoms with Gasteiger partial charge in [0.15, 0.2) is 0 Å². The Labute approximate surface area is 172 Å². The Morgan fingerprint density at radius 1 is 1.00 bits per heavy atom. The van der Waals surface area contributed by atoms with E-state index >= 15 is 0 Å². The molecule has 0 saturated carbocycles. The van der Waals surface area contributed by atoms with Crippen LogP contribution in [0.2, 0.25) is 0 Å². The van der Waals surface area contributed by atoms with Crippen molar-refractivity contribution in [3.63, 3.8) is 0 Å². The van der Waals surface area contributed by atoms with Gasteiger partial charge in [0.1, 0.15) is 6.04 Å². The number of hydrogen-bond acceptors (Lipinski definition) is 3. The lowest BCUT2D eigenvalue weighted by atomic mass is 10.1. The SMILES string of the molecule is CC[C@H](C(=O)NC)N(CCc1ccccc1)C(=O)CCSCc1ccccc1. The maximum atomic E-state index is 12.9. The third-order valence-electron chi connectivity index (χ3n) is 4.69. The first kappa shape index (κ1) is 22.0. The molecule has 2 amide bonds. The van der Waals surface area contributed by atoms with Crippen LogP contribution in [0.3, 0.4) is 0 Å². The lowest BCUT2D eigenvalue weighted by Gasteiger charge is -2.30. The predicted octanol–water partition coefficient (Wildman–Crippen LogP) is 3.91. The summed E-state index contributed by atoms with van der Waals surface area (Å²) in [6, 6.07) is 19.9. The van der Waals surface area contributed by atoms with Gasteiger partial charge in [0, 0.05) is 31.5 Å². The number of nitrogens with zero attached hydrogens (tertiary/aromatic N) is 1. The molecular weight excluding hydrogens is 368 g/mol. The van der Waals surface area contributed by atoms with Crippen molar-refractivity contribution >= 4 is 23.6 Å². The van der Waals surface area contributed by atoms with E-state index in [1.54, 1.807) is 23.7 Å². The molecule has 0 fully saturated rings. The number of carbonyl (C=O) groups is 2. The van der Waals surface area contributed by atoms with Gasteiger partial charge >= 0.3 is 0 Å². The third kappa shape index (κ3) is 7.04. The third-order valence-corrected chi connectivity index (χ3v) is 5.72. The van der Waals surface area contributed by atoms with Crippen LogP contribution in [-0.4, -0.2) is 42.1 Å². The van der Waals surface area contributed by atoms with Crippen molar-refractivity contribution in [2.75, 3.05) is 19.3 Å². The molecule has 0 aliphatic heterocycles. The highest BCUT2D eigenvalue weighted by atomic mass is 32.2. The van der Waals surface area contributed by atoms with Gasteiger partial charge in [-0.3, -0.25) is 9.59 Å². The summed E-state index contributed by atoms with van der Waals surface area (Å²) in [5.41, 5.74) is 2.43. The zero-order valence-electron chi connectivity index (χ0n) is 16.8. The van der Waals surface area contributed by atoms with Gasteiger partial charge < -0.3 is 10.2 Å². The van der Waals surface area contributed by atoms with Gasteiger partial charge in [-0.25, -0.2) is 0 Å². The highest BCUT2D eigenvalue weighted by Crippen LogP contribution is 2.15. The Bertz CT molecular complexity index is 722. The fraction of sp³-hybridized carbons (Fsp3) is 0.391. The topological polar surface area (TPSA) is 49.4 Å². The highest BCUT2D eigenvalue weighted by molar-refractivity contribution is 7.98. The molecule has 5 heteroatoms. The Kier molecular flexibility index (Phi) is 9.63. The minimum absolute atomic E-state index is 0.0481. The molecule has 2 aromatic rings. The molecular formula is C23H30N2O2S. The van der Waals surface area contributed by atoms with Gasteiger partial charge in [-0.05, 0) is 24.0 Å². The maximum Gasteiger partial charge on any atom is 0.242 e. The molecule has 0 aliphatic carbocycles. The predicted molar refractivity (Wildman–Crippen MR) is 117 cm³/mol. The van der Waals surface area contributed by atoms with Gasteiger partial charge in [0.05, 0.1) is 0 Å². The van der Waals surface area contributed by atoms with Crippen molar-refractivity contribution in [2.45, 2.75) is 38.0 Å². The van der Waals surface area contributed by atoms with Crippen molar-refractivity contribution in [1.82, 2.24) is 10.2 Å². The molecule has 2 aromatic carbocycles. The highest BCUT2D eigenvalue weighted by Gasteiger charge is 2.27. The smallest absolute Gasteiger partial charge is 0.242 e. The van der Waals surface area contributed by atoms with E-state index in [-0.39, 0.29) is 11.8 Å². The molecule has 2 rings (SSSR count).